The van der Waals surface area contributed by atoms with Crippen molar-refractivity contribution in [3.05, 3.63) is 24.3 Å². The fraction of sp³-hybridized carbons (Fsp3) is 0.385. The van der Waals surface area contributed by atoms with E-state index in [1.54, 1.807) is 38.3 Å². The highest BCUT2D eigenvalue weighted by molar-refractivity contribution is 5.93. The van der Waals surface area contributed by atoms with Crippen molar-refractivity contribution < 1.29 is 14.3 Å². The highest BCUT2D eigenvalue weighted by Crippen LogP contribution is 2.14. The first kappa shape index (κ1) is 14.8. The van der Waals surface area contributed by atoms with Crippen molar-refractivity contribution in [3.8, 4) is 5.75 Å². The fourth-order valence-corrected chi connectivity index (χ4v) is 1.43. The van der Waals surface area contributed by atoms with Crippen LogP contribution in [0.25, 0.3) is 0 Å². The van der Waals surface area contributed by atoms with Gasteiger partial charge in [-0.15, -0.1) is 0 Å². The van der Waals surface area contributed by atoms with Crippen LogP contribution in [0.4, 0.5) is 10.5 Å². The number of carbonyl (C=O) groups excluding carboxylic acids is 2. The number of hydrogen-bond donors (Lipinski definition) is 3. The molecule has 0 bridgehead atoms. The lowest BCUT2D eigenvalue weighted by Crippen LogP contribution is -2.46. The molecule has 104 valence electrons. The van der Waals surface area contributed by atoms with Gasteiger partial charge in [-0.05, 0) is 38.1 Å². The van der Waals surface area contributed by atoms with Gasteiger partial charge in [0, 0.05) is 12.2 Å². The molecule has 1 atom stereocenters. The molecular weight excluding hydrogens is 246 g/mol. The Labute approximate surface area is 112 Å². The average molecular weight is 265 g/mol. The summed E-state index contributed by atoms with van der Waals surface area (Å²) in [5.41, 5.74) is 0.626. The summed E-state index contributed by atoms with van der Waals surface area (Å²) in [7, 11) is 1.57. The molecular formula is C13H19N3O3. The van der Waals surface area contributed by atoms with Crippen LogP contribution < -0.4 is 20.7 Å². The van der Waals surface area contributed by atoms with Gasteiger partial charge in [0.25, 0.3) is 0 Å². The minimum atomic E-state index is -0.585. The Balaban J connectivity index is 2.48. The van der Waals surface area contributed by atoms with Crippen molar-refractivity contribution in [2.24, 2.45) is 0 Å². The second-order valence-corrected chi connectivity index (χ2v) is 3.94. The van der Waals surface area contributed by atoms with Crippen LogP contribution in [0.5, 0.6) is 5.75 Å². The first-order valence-corrected chi connectivity index (χ1v) is 6.06. The SMILES string of the molecule is CCNC(=O)C(C)NC(=O)Nc1ccc(OC)cc1. The molecule has 0 heterocycles. The van der Waals surface area contributed by atoms with E-state index in [4.69, 9.17) is 4.74 Å². The molecule has 6 nitrogen and oxygen atoms in total. The molecule has 1 aromatic rings. The number of anilines is 1. The van der Waals surface area contributed by atoms with E-state index in [0.29, 0.717) is 18.0 Å². The fourth-order valence-electron chi connectivity index (χ4n) is 1.43. The molecule has 3 N–H and O–H groups in total. The van der Waals surface area contributed by atoms with E-state index in [0.717, 1.165) is 0 Å². The molecule has 0 spiro atoms. The first-order valence-electron chi connectivity index (χ1n) is 6.06. The van der Waals surface area contributed by atoms with Crippen molar-refractivity contribution in [2.45, 2.75) is 19.9 Å². The summed E-state index contributed by atoms with van der Waals surface area (Å²) >= 11 is 0. The number of ether oxygens (including phenoxy) is 1. The predicted molar refractivity (Wildman–Crippen MR) is 73.3 cm³/mol. The number of nitrogens with one attached hydrogen (secondary N) is 3. The standard InChI is InChI=1S/C13H19N3O3/c1-4-14-12(17)9(2)15-13(18)16-10-5-7-11(19-3)8-6-10/h5-9H,4H2,1-3H3,(H,14,17)(H2,15,16,18). The molecule has 0 radical (unpaired) electrons. The Morgan fingerprint density at radius 2 is 1.89 bits per heavy atom. The van der Waals surface area contributed by atoms with Gasteiger partial charge in [0.15, 0.2) is 0 Å². The van der Waals surface area contributed by atoms with Gasteiger partial charge in [0.1, 0.15) is 11.8 Å². The maximum absolute atomic E-state index is 11.7. The number of benzene rings is 1. The van der Waals surface area contributed by atoms with Gasteiger partial charge >= 0.3 is 6.03 Å². The van der Waals surface area contributed by atoms with Gasteiger partial charge in [-0.2, -0.15) is 0 Å². The average Bonchev–Trinajstić information content (AvgIpc) is 2.39. The van der Waals surface area contributed by atoms with Crippen LogP contribution in [-0.4, -0.2) is 31.6 Å². The molecule has 0 saturated carbocycles. The molecule has 0 aliphatic heterocycles. The lowest BCUT2D eigenvalue weighted by Gasteiger charge is -2.14. The molecule has 19 heavy (non-hydrogen) atoms. The number of rotatable bonds is 5. The monoisotopic (exact) mass is 265 g/mol. The van der Waals surface area contributed by atoms with E-state index >= 15 is 0 Å². The third-order valence-electron chi connectivity index (χ3n) is 2.44. The smallest absolute Gasteiger partial charge is 0.319 e. The van der Waals surface area contributed by atoms with Crippen LogP contribution in [0, 0.1) is 0 Å². The molecule has 6 heteroatoms. The summed E-state index contributed by atoms with van der Waals surface area (Å²) in [5, 5.41) is 7.82. The number of carbonyl (C=O) groups is 2. The molecule has 1 aromatic carbocycles. The van der Waals surface area contributed by atoms with E-state index in [2.05, 4.69) is 16.0 Å². The number of amides is 3. The second kappa shape index (κ2) is 7.25. The number of methoxy groups -OCH3 is 1. The van der Waals surface area contributed by atoms with E-state index < -0.39 is 12.1 Å². The van der Waals surface area contributed by atoms with Gasteiger partial charge in [-0.25, -0.2) is 4.79 Å². The second-order valence-electron chi connectivity index (χ2n) is 3.94. The number of urea groups is 1. The molecule has 0 aliphatic carbocycles. The van der Waals surface area contributed by atoms with E-state index in [-0.39, 0.29) is 5.91 Å². The lowest BCUT2D eigenvalue weighted by molar-refractivity contribution is -0.122. The Morgan fingerprint density at radius 1 is 1.26 bits per heavy atom. The Hall–Kier alpha value is -2.24. The summed E-state index contributed by atoms with van der Waals surface area (Å²) in [6.45, 7) is 3.98. The highest BCUT2D eigenvalue weighted by Gasteiger charge is 2.14. The zero-order valence-corrected chi connectivity index (χ0v) is 11.3. The Morgan fingerprint density at radius 3 is 2.42 bits per heavy atom. The maximum Gasteiger partial charge on any atom is 0.319 e. The van der Waals surface area contributed by atoms with Gasteiger partial charge in [0.05, 0.1) is 7.11 Å². The van der Waals surface area contributed by atoms with Crippen molar-refractivity contribution in [2.75, 3.05) is 19.0 Å². The minimum Gasteiger partial charge on any atom is -0.497 e. The van der Waals surface area contributed by atoms with Crippen molar-refractivity contribution in [1.29, 1.82) is 0 Å². The molecule has 1 unspecified atom stereocenters. The molecule has 0 aromatic heterocycles. The van der Waals surface area contributed by atoms with Crippen LogP contribution in [-0.2, 0) is 4.79 Å². The Bertz CT molecular complexity index is 431. The summed E-state index contributed by atoms with van der Waals surface area (Å²) in [6.07, 6.45) is 0. The first-order chi connectivity index (χ1) is 9.06. The molecule has 0 saturated heterocycles. The van der Waals surface area contributed by atoms with Gasteiger partial charge < -0.3 is 20.7 Å². The third kappa shape index (κ3) is 4.87. The Kier molecular flexibility index (Phi) is 5.66. The van der Waals surface area contributed by atoms with Gasteiger partial charge in [0.2, 0.25) is 5.91 Å². The molecule has 0 aliphatic rings. The zero-order chi connectivity index (χ0) is 14.3. The van der Waals surface area contributed by atoms with Crippen molar-refractivity contribution in [3.63, 3.8) is 0 Å². The van der Waals surface area contributed by atoms with Gasteiger partial charge in [-0.1, -0.05) is 0 Å². The predicted octanol–water partition coefficient (Wildman–Crippen LogP) is 1.34. The molecule has 0 fully saturated rings. The van der Waals surface area contributed by atoms with Crippen molar-refractivity contribution in [1.82, 2.24) is 10.6 Å². The summed E-state index contributed by atoms with van der Waals surface area (Å²) in [5.74, 6) is 0.494. The van der Waals surface area contributed by atoms with Gasteiger partial charge in [-0.3, -0.25) is 4.79 Å². The van der Waals surface area contributed by atoms with E-state index in [9.17, 15) is 9.59 Å². The topological polar surface area (TPSA) is 79.5 Å². The highest BCUT2D eigenvalue weighted by atomic mass is 16.5. The maximum atomic E-state index is 11.7. The number of likely N-dealkylation sites (N-methyl/N-ethyl adjacent to an activating group) is 1. The number of hydrogen-bond acceptors (Lipinski definition) is 3. The lowest BCUT2D eigenvalue weighted by atomic mass is 10.3. The summed E-state index contributed by atoms with van der Waals surface area (Å²) in [4.78, 5) is 23.1. The van der Waals surface area contributed by atoms with E-state index in [1.807, 2.05) is 6.92 Å². The normalized spacial score (nSPS) is 11.3. The van der Waals surface area contributed by atoms with Crippen LogP contribution >= 0.6 is 0 Å². The zero-order valence-electron chi connectivity index (χ0n) is 11.3. The quantitative estimate of drug-likeness (QED) is 0.751. The van der Waals surface area contributed by atoms with Crippen molar-refractivity contribution >= 4 is 17.6 Å². The summed E-state index contributed by atoms with van der Waals surface area (Å²) < 4.78 is 5.02. The largest absolute Gasteiger partial charge is 0.497 e. The van der Waals surface area contributed by atoms with Crippen LogP contribution in [0.2, 0.25) is 0 Å². The van der Waals surface area contributed by atoms with E-state index in [1.165, 1.54) is 0 Å². The minimum absolute atomic E-state index is 0.215. The molecule has 1 rings (SSSR count). The van der Waals surface area contributed by atoms with Crippen LogP contribution in [0.3, 0.4) is 0 Å². The summed E-state index contributed by atoms with van der Waals surface area (Å²) in [6, 6.07) is 5.90. The third-order valence-corrected chi connectivity index (χ3v) is 2.44. The van der Waals surface area contributed by atoms with Crippen LogP contribution in [0.1, 0.15) is 13.8 Å². The van der Waals surface area contributed by atoms with Crippen LogP contribution in [0.15, 0.2) is 24.3 Å². The molecule has 3 amide bonds.